The number of nitrogens with one attached hydrogen (secondary N) is 1. The number of rotatable bonds is 3. The summed E-state index contributed by atoms with van der Waals surface area (Å²) in [6, 6.07) is 8.07. The molecule has 0 unspecified atom stereocenters. The minimum absolute atomic E-state index is 0.0122. The van der Waals surface area contributed by atoms with Crippen molar-refractivity contribution in [2.75, 3.05) is 31.6 Å². The van der Waals surface area contributed by atoms with Crippen molar-refractivity contribution in [3.8, 4) is 0 Å². The fraction of sp³-hybridized carbons (Fsp3) is 0.526. The molecule has 0 aliphatic carbocycles. The van der Waals surface area contributed by atoms with E-state index >= 15 is 0 Å². The van der Waals surface area contributed by atoms with Crippen molar-refractivity contribution in [2.24, 2.45) is 0 Å². The van der Waals surface area contributed by atoms with Crippen LogP contribution >= 0.6 is 0 Å². The second kappa shape index (κ2) is 7.06. The first kappa shape index (κ1) is 16.4. The molecule has 6 heteroatoms. The summed E-state index contributed by atoms with van der Waals surface area (Å²) in [6.07, 6.45) is 4.28. The van der Waals surface area contributed by atoms with Crippen LogP contribution in [0.25, 0.3) is 10.9 Å². The van der Waals surface area contributed by atoms with E-state index in [2.05, 4.69) is 29.1 Å². The molecule has 0 bridgehead atoms. The minimum Gasteiger partial charge on any atom is -0.375 e. The molecule has 0 radical (unpaired) electrons. The van der Waals surface area contributed by atoms with E-state index < -0.39 is 0 Å². The monoisotopic (exact) mass is 343 g/mol. The Morgan fingerprint density at radius 1 is 1.24 bits per heavy atom. The number of hydrogen-bond donors (Lipinski definition) is 1. The lowest BCUT2D eigenvalue weighted by Crippen LogP contribution is -2.51. The fourth-order valence-electron chi connectivity index (χ4n) is 3.72. The smallest absolute Gasteiger partial charge is 0.322 e. The summed E-state index contributed by atoms with van der Waals surface area (Å²) in [4.78, 5) is 14.5. The molecule has 3 heterocycles. The number of hydrogen-bond acceptors (Lipinski definition) is 3. The molecule has 2 fully saturated rings. The van der Waals surface area contributed by atoms with E-state index in [-0.39, 0.29) is 18.2 Å². The zero-order chi connectivity index (χ0) is 17.2. The lowest BCUT2D eigenvalue weighted by atomic mass is 10.1. The summed E-state index contributed by atoms with van der Waals surface area (Å²) in [7, 11) is 0. The Balaban J connectivity index is 1.44. The fourth-order valence-corrected chi connectivity index (χ4v) is 3.72. The van der Waals surface area contributed by atoms with Gasteiger partial charge < -0.3 is 24.3 Å². The maximum Gasteiger partial charge on any atom is 0.322 e. The third-order valence-corrected chi connectivity index (χ3v) is 5.13. The molecule has 1 aromatic carbocycles. The van der Waals surface area contributed by atoms with Gasteiger partial charge in [0, 0.05) is 31.6 Å². The molecule has 134 valence electrons. The molecule has 0 saturated carbocycles. The summed E-state index contributed by atoms with van der Waals surface area (Å²) < 4.78 is 13.7. The van der Waals surface area contributed by atoms with Crippen molar-refractivity contribution in [1.82, 2.24) is 9.47 Å². The van der Waals surface area contributed by atoms with Crippen LogP contribution in [0.1, 0.15) is 19.8 Å². The Hall–Kier alpha value is -2.05. The number of nitrogens with zero attached hydrogens (tertiary/aromatic N) is 2. The molecular formula is C19H25N3O3. The van der Waals surface area contributed by atoms with E-state index in [1.54, 1.807) is 0 Å². The summed E-state index contributed by atoms with van der Waals surface area (Å²) in [5, 5.41) is 4.22. The first-order chi connectivity index (χ1) is 12.2. The molecule has 1 aromatic heterocycles. The van der Waals surface area contributed by atoms with E-state index in [9.17, 15) is 4.79 Å². The van der Waals surface area contributed by atoms with Gasteiger partial charge in [0.05, 0.1) is 24.8 Å². The molecule has 2 aliphatic rings. The maximum atomic E-state index is 12.7. The third-order valence-electron chi connectivity index (χ3n) is 5.13. The Kier molecular flexibility index (Phi) is 4.63. The number of fused-ring (bicyclic) bond motifs is 1. The number of carbonyl (C=O) groups is 1. The Labute approximate surface area is 147 Å². The highest BCUT2D eigenvalue weighted by atomic mass is 16.5. The second-order valence-corrected chi connectivity index (χ2v) is 6.71. The van der Waals surface area contributed by atoms with Crippen LogP contribution in [-0.4, -0.2) is 54.0 Å². The molecule has 2 saturated heterocycles. The number of urea groups is 1. The molecule has 2 amide bonds. The van der Waals surface area contributed by atoms with Gasteiger partial charge in [0.2, 0.25) is 0 Å². The van der Waals surface area contributed by atoms with Crippen LogP contribution in [0.2, 0.25) is 0 Å². The number of benzene rings is 1. The average Bonchev–Trinajstić information content (AvgIpc) is 3.31. The van der Waals surface area contributed by atoms with Crippen molar-refractivity contribution < 1.29 is 14.3 Å². The molecular weight excluding hydrogens is 318 g/mol. The molecule has 2 atom stereocenters. The van der Waals surface area contributed by atoms with Crippen LogP contribution in [-0.2, 0) is 16.0 Å². The van der Waals surface area contributed by atoms with E-state index in [1.165, 1.54) is 5.39 Å². The third kappa shape index (κ3) is 3.37. The van der Waals surface area contributed by atoms with Gasteiger partial charge in [-0.1, -0.05) is 6.07 Å². The van der Waals surface area contributed by atoms with Gasteiger partial charge in [-0.25, -0.2) is 4.79 Å². The topological polar surface area (TPSA) is 55.7 Å². The lowest BCUT2D eigenvalue weighted by molar-refractivity contribution is -0.0839. The van der Waals surface area contributed by atoms with Crippen LogP contribution in [0, 0.1) is 0 Å². The quantitative estimate of drug-likeness (QED) is 0.932. The van der Waals surface area contributed by atoms with Gasteiger partial charge in [-0.2, -0.15) is 0 Å². The van der Waals surface area contributed by atoms with Crippen LogP contribution < -0.4 is 5.32 Å². The van der Waals surface area contributed by atoms with Crippen molar-refractivity contribution in [2.45, 2.75) is 38.5 Å². The number of anilines is 1. The predicted octanol–water partition coefficient (Wildman–Crippen LogP) is 3.07. The van der Waals surface area contributed by atoms with Crippen LogP contribution in [0.15, 0.2) is 30.5 Å². The number of ether oxygens (including phenoxy) is 2. The van der Waals surface area contributed by atoms with Gasteiger partial charge in [0.25, 0.3) is 0 Å². The van der Waals surface area contributed by atoms with Crippen molar-refractivity contribution >= 4 is 22.6 Å². The first-order valence-corrected chi connectivity index (χ1v) is 9.12. The standard InChI is InChI=1S/C19H25N3O3/c1-2-21-8-7-14-5-6-15(12-16(14)21)20-19(23)22-9-11-25-18(13-22)17-4-3-10-24-17/h5-8,12,17-18H,2-4,9-11,13H2,1H3,(H,20,23)/t17-,18+/m0/s1. The average molecular weight is 343 g/mol. The molecule has 25 heavy (non-hydrogen) atoms. The number of carbonyl (C=O) groups excluding carboxylic acids is 1. The predicted molar refractivity (Wildman–Crippen MR) is 96.9 cm³/mol. The number of aryl methyl sites for hydroxylation is 1. The van der Waals surface area contributed by atoms with Crippen LogP contribution in [0.4, 0.5) is 10.5 Å². The highest BCUT2D eigenvalue weighted by molar-refractivity contribution is 5.93. The normalized spacial score (nSPS) is 24.0. The van der Waals surface area contributed by atoms with Crippen molar-refractivity contribution in [3.63, 3.8) is 0 Å². The zero-order valence-electron chi connectivity index (χ0n) is 14.6. The van der Waals surface area contributed by atoms with E-state index in [4.69, 9.17) is 9.47 Å². The minimum atomic E-state index is -0.0692. The van der Waals surface area contributed by atoms with Crippen LogP contribution in [0.5, 0.6) is 0 Å². The van der Waals surface area contributed by atoms with E-state index in [1.807, 2.05) is 23.1 Å². The molecule has 1 N–H and O–H groups in total. The second-order valence-electron chi connectivity index (χ2n) is 6.71. The SMILES string of the molecule is CCn1ccc2ccc(NC(=O)N3CCO[C@@H]([C@@H]4CCCO4)C3)cc21. The number of amides is 2. The van der Waals surface area contributed by atoms with Gasteiger partial charge in [-0.3, -0.25) is 0 Å². The van der Waals surface area contributed by atoms with Gasteiger partial charge in [-0.15, -0.1) is 0 Å². The summed E-state index contributed by atoms with van der Waals surface area (Å²) in [5.41, 5.74) is 1.96. The van der Waals surface area contributed by atoms with Gasteiger partial charge in [0.1, 0.15) is 6.10 Å². The Bertz CT molecular complexity index is 751. The summed E-state index contributed by atoms with van der Waals surface area (Å²) >= 11 is 0. The van der Waals surface area contributed by atoms with Gasteiger partial charge in [0.15, 0.2) is 0 Å². The molecule has 2 aromatic rings. The largest absolute Gasteiger partial charge is 0.375 e. The maximum absolute atomic E-state index is 12.7. The molecule has 2 aliphatic heterocycles. The zero-order valence-corrected chi connectivity index (χ0v) is 14.6. The van der Waals surface area contributed by atoms with Crippen molar-refractivity contribution in [1.29, 1.82) is 0 Å². The van der Waals surface area contributed by atoms with Crippen molar-refractivity contribution in [3.05, 3.63) is 30.5 Å². The van der Waals surface area contributed by atoms with E-state index in [0.717, 1.165) is 37.2 Å². The van der Waals surface area contributed by atoms with Crippen LogP contribution in [0.3, 0.4) is 0 Å². The number of morpholine rings is 1. The molecule has 4 rings (SSSR count). The van der Waals surface area contributed by atoms with Gasteiger partial charge >= 0.3 is 6.03 Å². The number of aromatic nitrogens is 1. The lowest BCUT2D eigenvalue weighted by Gasteiger charge is -2.35. The summed E-state index contributed by atoms with van der Waals surface area (Å²) in [5.74, 6) is 0. The van der Waals surface area contributed by atoms with E-state index in [0.29, 0.717) is 19.7 Å². The van der Waals surface area contributed by atoms with Gasteiger partial charge in [-0.05, 0) is 43.4 Å². The highest BCUT2D eigenvalue weighted by Crippen LogP contribution is 2.23. The Morgan fingerprint density at radius 2 is 2.12 bits per heavy atom. The first-order valence-electron chi connectivity index (χ1n) is 9.12. The molecule has 0 spiro atoms. The Morgan fingerprint density at radius 3 is 2.92 bits per heavy atom. The molecule has 6 nitrogen and oxygen atoms in total. The highest BCUT2D eigenvalue weighted by Gasteiger charge is 2.32. The summed E-state index contributed by atoms with van der Waals surface area (Å²) in [6.45, 7) is 5.59.